The molecule has 0 aliphatic rings. The van der Waals surface area contributed by atoms with Gasteiger partial charge in [-0.1, -0.05) is 0 Å². The minimum absolute atomic E-state index is 0. The van der Waals surface area contributed by atoms with E-state index in [0.717, 1.165) is 0 Å². The van der Waals surface area contributed by atoms with Gasteiger partial charge in [-0.25, -0.2) is 0 Å². The normalized spacial score (nSPS) is 10.7. The van der Waals surface area contributed by atoms with Crippen molar-refractivity contribution < 1.29 is 36.7 Å². The molecule has 0 atom stereocenters. The van der Waals surface area contributed by atoms with Gasteiger partial charge in [0.25, 0.3) is 0 Å². The molecule has 0 radical (unpaired) electrons. The molecule has 68 valence electrons. The molecule has 0 bridgehead atoms. The van der Waals surface area contributed by atoms with Crippen LogP contribution in [0, 0.1) is 0 Å². The van der Waals surface area contributed by atoms with Crippen molar-refractivity contribution in [2.75, 3.05) is 0 Å². The Hall–Kier alpha value is 1.19. The van der Waals surface area contributed by atoms with Gasteiger partial charge in [-0.05, 0) is 0 Å². The maximum atomic E-state index is 8.74. The van der Waals surface area contributed by atoms with Gasteiger partial charge in [0, 0.05) is 0 Å². The van der Waals surface area contributed by atoms with E-state index in [9.17, 15) is 0 Å². The molecule has 0 aromatic heterocycles. The van der Waals surface area contributed by atoms with Crippen LogP contribution in [-0.2, 0) is 10.4 Å². The van der Waals surface area contributed by atoms with Gasteiger partial charge < -0.3 is 19.2 Å². The zero-order valence-electron chi connectivity index (χ0n) is 4.41. The van der Waals surface area contributed by atoms with E-state index in [1.54, 1.807) is 0 Å². The topological polar surface area (TPSA) is 156 Å². The third-order valence-corrected chi connectivity index (χ3v) is 0. The van der Waals surface area contributed by atoms with Crippen molar-refractivity contribution in [2.45, 2.75) is 0 Å². The quantitative estimate of drug-likeness (QED) is 0.183. The molecule has 0 unspecified atom stereocenters. The molecule has 0 spiro atoms. The Balaban J connectivity index is -0.000000107. The summed E-state index contributed by atoms with van der Waals surface area (Å²) in [6, 6.07) is 0. The summed E-state index contributed by atoms with van der Waals surface area (Å²) in [5.74, 6) is 0. The van der Waals surface area contributed by atoms with Crippen LogP contribution in [0.1, 0.15) is 0 Å². The van der Waals surface area contributed by atoms with E-state index in [1.807, 2.05) is 0 Å². The Labute approximate surface area is 93.2 Å². The first kappa shape index (κ1) is 18.1. The van der Waals surface area contributed by atoms with Crippen LogP contribution in [0.2, 0.25) is 0 Å². The Morgan fingerprint density at radius 3 is 0.909 bits per heavy atom. The molecule has 6 N–H and O–H groups in total. The van der Waals surface area contributed by atoms with Crippen LogP contribution in [0.15, 0.2) is 0 Å². The van der Waals surface area contributed by atoms with Crippen LogP contribution in [0.5, 0.6) is 0 Å². The third-order valence-electron chi connectivity index (χ3n) is 0. The zero-order valence-corrected chi connectivity index (χ0v) is 6.22. The fourth-order valence-electron chi connectivity index (χ4n) is 0. The third kappa shape index (κ3) is 670. The standard InChI is InChI=1S/Ca.H2O4S.H4O4Si.2H/c;2*1-5(2,3)4;;/h;(H2,1,2,3,4);1-4H;;. The summed E-state index contributed by atoms with van der Waals surface area (Å²) < 4.78 is 31.6. The molecule has 0 rings (SSSR count). The van der Waals surface area contributed by atoms with E-state index in [2.05, 4.69) is 0 Å². The van der Waals surface area contributed by atoms with Crippen molar-refractivity contribution in [3.05, 3.63) is 0 Å². The molecule has 8 nitrogen and oxygen atoms in total. The van der Waals surface area contributed by atoms with Crippen LogP contribution in [0.25, 0.3) is 0 Å². The predicted octanol–water partition coefficient (Wildman–Crippen LogP) is -4.18. The molecule has 0 amide bonds. The molecule has 0 aromatic rings. The molecule has 0 aliphatic heterocycles. The SMILES string of the molecule is O=S(=O)(O)O.O[Si](O)(O)O.[CaH2]. The van der Waals surface area contributed by atoms with Gasteiger partial charge in [-0.2, -0.15) is 8.42 Å². The first-order valence-electron chi connectivity index (χ1n) is 1.59. The Kier molecular flexibility index (Phi) is 11.0. The van der Waals surface area contributed by atoms with Crippen molar-refractivity contribution >= 4 is 57.2 Å². The second-order valence-corrected chi connectivity index (χ2v) is 3.14. The average molecular weight is 236 g/mol. The summed E-state index contributed by atoms with van der Waals surface area (Å²) in [5, 5.41) is 0. The molecule has 0 aromatic carbocycles. The van der Waals surface area contributed by atoms with E-state index < -0.39 is 19.4 Å². The van der Waals surface area contributed by atoms with E-state index in [-0.39, 0.29) is 37.7 Å². The summed E-state index contributed by atoms with van der Waals surface area (Å²) in [7, 11) is -9.28. The number of rotatable bonds is 0. The van der Waals surface area contributed by atoms with Crippen molar-refractivity contribution in [3.63, 3.8) is 0 Å². The fourth-order valence-corrected chi connectivity index (χ4v) is 0. The predicted molar refractivity (Wildman–Crippen MR) is 37.4 cm³/mol. The van der Waals surface area contributed by atoms with Crippen LogP contribution in [0.4, 0.5) is 0 Å². The first-order valence-corrected chi connectivity index (χ1v) is 4.78. The number of hydrogen-bond acceptors (Lipinski definition) is 6. The van der Waals surface area contributed by atoms with Gasteiger partial charge in [0.2, 0.25) is 0 Å². The van der Waals surface area contributed by atoms with Gasteiger partial charge in [0.15, 0.2) is 0 Å². The van der Waals surface area contributed by atoms with Gasteiger partial charge in [-0.3, -0.25) is 9.11 Å². The molecule has 11 heteroatoms. The number of hydrogen-bond donors (Lipinski definition) is 6. The summed E-state index contributed by atoms with van der Waals surface area (Å²) in [5.41, 5.74) is 0. The molecular weight excluding hydrogens is 228 g/mol. The van der Waals surface area contributed by atoms with Crippen molar-refractivity contribution in [2.24, 2.45) is 0 Å². The van der Waals surface area contributed by atoms with Crippen molar-refractivity contribution in [1.29, 1.82) is 0 Å². The zero-order chi connectivity index (χ0) is 9.00. The summed E-state index contributed by atoms with van der Waals surface area (Å²) in [6.45, 7) is 0. The van der Waals surface area contributed by atoms with E-state index >= 15 is 0 Å². The Morgan fingerprint density at radius 1 is 0.909 bits per heavy atom. The summed E-state index contributed by atoms with van der Waals surface area (Å²) in [4.78, 5) is 29.3. The van der Waals surface area contributed by atoms with E-state index in [1.165, 1.54) is 0 Å². The van der Waals surface area contributed by atoms with Crippen molar-refractivity contribution in [1.82, 2.24) is 0 Å². The van der Waals surface area contributed by atoms with E-state index in [4.69, 9.17) is 36.7 Å². The molecule has 0 saturated carbocycles. The molecule has 11 heavy (non-hydrogen) atoms. The van der Waals surface area contributed by atoms with Crippen LogP contribution < -0.4 is 0 Å². The van der Waals surface area contributed by atoms with Gasteiger partial charge in [0.1, 0.15) is 0 Å². The van der Waals surface area contributed by atoms with Crippen LogP contribution in [0.3, 0.4) is 0 Å². The fraction of sp³-hybridized carbons (Fsp3) is 0. The summed E-state index contributed by atoms with van der Waals surface area (Å²) >= 11 is 0. The van der Waals surface area contributed by atoms with Gasteiger partial charge >= 0.3 is 57.2 Å². The Bertz CT molecular complexity index is 149. The van der Waals surface area contributed by atoms with Crippen LogP contribution >= 0.6 is 0 Å². The monoisotopic (exact) mass is 236 g/mol. The molecule has 0 fully saturated rings. The second-order valence-electron chi connectivity index (χ2n) is 1.05. The molecule has 0 aliphatic carbocycles. The molecule has 0 heterocycles. The van der Waals surface area contributed by atoms with Gasteiger partial charge in [-0.15, -0.1) is 0 Å². The molecule has 0 saturated heterocycles. The average Bonchev–Trinajstić information content (AvgIpc) is 1.12. The van der Waals surface area contributed by atoms with Crippen molar-refractivity contribution in [3.8, 4) is 0 Å². The summed E-state index contributed by atoms with van der Waals surface area (Å²) in [6.07, 6.45) is 0. The van der Waals surface area contributed by atoms with E-state index in [0.29, 0.717) is 0 Å². The first-order chi connectivity index (χ1) is 4.00. The van der Waals surface area contributed by atoms with Crippen LogP contribution in [-0.4, -0.2) is 83.5 Å². The maximum absolute atomic E-state index is 8.74. The van der Waals surface area contributed by atoms with Gasteiger partial charge in [0.05, 0.1) is 0 Å². The Morgan fingerprint density at radius 2 is 0.909 bits per heavy atom. The second kappa shape index (κ2) is 6.68. The minimum atomic E-state index is -4.67. The molecular formula is H8CaO8SSi.